The summed E-state index contributed by atoms with van der Waals surface area (Å²) >= 11 is 0. The van der Waals surface area contributed by atoms with Gasteiger partial charge in [0.2, 0.25) is 5.78 Å². The number of carbonyl (C=O) groups is 1. The van der Waals surface area contributed by atoms with E-state index in [4.69, 9.17) is 4.74 Å². The van der Waals surface area contributed by atoms with Gasteiger partial charge in [0.15, 0.2) is 0 Å². The number of benzene rings is 2. The maximum absolute atomic E-state index is 12.9. The number of Topliss-reactive ketones (excluding diaryl/α,β-unsaturated/α-hetero) is 1. The number of fused-ring (bicyclic) bond motifs is 1. The van der Waals surface area contributed by atoms with Crippen molar-refractivity contribution in [2.45, 2.75) is 13.8 Å². The smallest absolute Gasteiger partial charge is 0.205 e. The Morgan fingerprint density at radius 2 is 1.92 bits per heavy atom. The number of para-hydroxylation sites is 1. The first-order valence-electron chi connectivity index (χ1n) is 8.10. The number of nitriles is 1. The zero-order valence-corrected chi connectivity index (χ0v) is 14.2. The average molecular weight is 330 g/mol. The van der Waals surface area contributed by atoms with Crippen molar-refractivity contribution >= 4 is 22.8 Å². The SMILES string of the molecule is CCOc1ccc(C=C(C#N)C(=O)c2c(C)[nH]c3ccccc23)cc1. The van der Waals surface area contributed by atoms with Gasteiger partial charge >= 0.3 is 0 Å². The molecule has 0 radical (unpaired) electrons. The molecule has 0 aliphatic carbocycles. The van der Waals surface area contributed by atoms with E-state index in [9.17, 15) is 10.1 Å². The first-order valence-corrected chi connectivity index (χ1v) is 8.10. The number of ketones is 1. The molecule has 0 atom stereocenters. The van der Waals surface area contributed by atoms with E-state index in [-0.39, 0.29) is 11.4 Å². The molecule has 4 nitrogen and oxygen atoms in total. The minimum Gasteiger partial charge on any atom is -0.494 e. The maximum atomic E-state index is 12.9. The number of allylic oxidation sites excluding steroid dienone is 1. The summed E-state index contributed by atoms with van der Waals surface area (Å²) in [7, 11) is 0. The molecule has 3 rings (SSSR count). The second kappa shape index (κ2) is 7.06. The molecular weight excluding hydrogens is 312 g/mol. The predicted octanol–water partition coefficient (Wildman–Crippen LogP) is 4.66. The number of rotatable bonds is 5. The molecule has 1 aromatic heterocycles. The number of aromatic nitrogens is 1. The van der Waals surface area contributed by atoms with E-state index in [1.165, 1.54) is 0 Å². The van der Waals surface area contributed by atoms with E-state index in [0.29, 0.717) is 12.2 Å². The summed E-state index contributed by atoms with van der Waals surface area (Å²) in [6.07, 6.45) is 1.61. The van der Waals surface area contributed by atoms with Gasteiger partial charge in [0.1, 0.15) is 17.4 Å². The Hall–Kier alpha value is -3.32. The van der Waals surface area contributed by atoms with Crippen molar-refractivity contribution in [1.82, 2.24) is 4.98 Å². The lowest BCUT2D eigenvalue weighted by Crippen LogP contribution is -2.03. The molecule has 0 fully saturated rings. The summed E-state index contributed by atoms with van der Waals surface area (Å²) < 4.78 is 5.41. The number of hydrogen-bond donors (Lipinski definition) is 1. The number of aryl methyl sites for hydroxylation is 1. The van der Waals surface area contributed by atoms with Crippen molar-refractivity contribution in [2.24, 2.45) is 0 Å². The lowest BCUT2D eigenvalue weighted by molar-refractivity contribution is 0.104. The molecule has 0 saturated heterocycles. The van der Waals surface area contributed by atoms with Crippen LogP contribution in [-0.4, -0.2) is 17.4 Å². The summed E-state index contributed by atoms with van der Waals surface area (Å²) in [6, 6.07) is 16.9. The van der Waals surface area contributed by atoms with Crippen LogP contribution in [0, 0.1) is 18.3 Å². The highest BCUT2D eigenvalue weighted by molar-refractivity contribution is 6.20. The Balaban J connectivity index is 1.98. The molecule has 0 amide bonds. The van der Waals surface area contributed by atoms with Crippen molar-refractivity contribution in [3.05, 3.63) is 70.9 Å². The Morgan fingerprint density at radius 1 is 1.20 bits per heavy atom. The second-order valence-corrected chi connectivity index (χ2v) is 5.67. The molecule has 0 spiro atoms. The van der Waals surface area contributed by atoms with Crippen LogP contribution in [0.2, 0.25) is 0 Å². The molecule has 25 heavy (non-hydrogen) atoms. The zero-order valence-electron chi connectivity index (χ0n) is 14.2. The summed E-state index contributed by atoms with van der Waals surface area (Å²) in [6.45, 7) is 4.36. The van der Waals surface area contributed by atoms with Crippen LogP contribution in [0.5, 0.6) is 5.75 Å². The van der Waals surface area contributed by atoms with Gasteiger partial charge in [0.25, 0.3) is 0 Å². The lowest BCUT2D eigenvalue weighted by atomic mass is 9.99. The van der Waals surface area contributed by atoms with Gasteiger partial charge in [0, 0.05) is 16.6 Å². The van der Waals surface area contributed by atoms with Crippen molar-refractivity contribution in [3.8, 4) is 11.8 Å². The Kier molecular flexibility index (Phi) is 4.67. The Morgan fingerprint density at radius 3 is 2.60 bits per heavy atom. The third-order valence-electron chi connectivity index (χ3n) is 3.99. The fourth-order valence-corrected chi connectivity index (χ4v) is 2.85. The first-order chi connectivity index (χ1) is 12.1. The fourth-order valence-electron chi connectivity index (χ4n) is 2.85. The van der Waals surface area contributed by atoms with Crippen molar-refractivity contribution < 1.29 is 9.53 Å². The van der Waals surface area contributed by atoms with Crippen LogP contribution >= 0.6 is 0 Å². The molecule has 1 heterocycles. The Labute approximate surface area is 146 Å². The summed E-state index contributed by atoms with van der Waals surface area (Å²) in [5.41, 5.74) is 3.10. The Bertz CT molecular complexity index is 989. The number of ether oxygens (including phenoxy) is 1. The summed E-state index contributed by atoms with van der Waals surface area (Å²) in [5, 5.41) is 10.3. The van der Waals surface area contributed by atoms with E-state index < -0.39 is 0 Å². The van der Waals surface area contributed by atoms with Crippen LogP contribution in [-0.2, 0) is 0 Å². The predicted molar refractivity (Wildman–Crippen MR) is 98.6 cm³/mol. The van der Waals surface area contributed by atoms with E-state index >= 15 is 0 Å². The zero-order chi connectivity index (χ0) is 17.8. The monoisotopic (exact) mass is 330 g/mol. The molecule has 124 valence electrons. The average Bonchev–Trinajstić information content (AvgIpc) is 2.96. The van der Waals surface area contributed by atoms with Gasteiger partial charge in [-0.3, -0.25) is 4.79 Å². The van der Waals surface area contributed by atoms with Gasteiger partial charge in [-0.1, -0.05) is 30.3 Å². The van der Waals surface area contributed by atoms with Crippen LogP contribution < -0.4 is 4.74 Å². The molecule has 1 N–H and O–H groups in total. The second-order valence-electron chi connectivity index (χ2n) is 5.67. The topological polar surface area (TPSA) is 65.9 Å². The van der Waals surface area contributed by atoms with Gasteiger partial charge < -0.3 is 9.72 Å². The molecule has 3 aromatic rings. The quantitative estimate of drug-likeness (QED) is 0.420. The third-order valence-corrected chi connectivity index (χ3v) is 3.99. The molecule has 0 saturated carbocycles. The maximum Gasteiger partial charge on any atom is 0.205 e. The highest BCUT2D eigenvalue weighted by Crippen LogP contribution is 2.25. The van der Waals surface area contributed by atoms with E-state index in [0.717, 1.165) is 27.9 Å². The highest BCUT2D eigenvalue weighted by Gasteiger charge is 2.19. The molecule has 2 aromatic carbocycles. The number of nitrogens with zero attached hydrogens (tertiary/aromatic N) is 1. The van der Waals surface area contributed by atoms with Gasteiger partial charge in [-0.05, 0) is 43.7 Å². The molecule has 0 bridgehead atoms. The van der Waals surface area contributed by atoms with Crippen LogP contribution in [0.25, 0.3) is 17.0 Å². The van der Waals surface area contributed by atoms with Crippen molar-refractivity contribution in [3.63, 3.8) is 0 Å². The van der Waals surface area contributed by atoms with Gasteiger partial charge in [-0.15, -0.1) is 0 Å². The van der Waals surface area contributed by atoms with Crippen molar-refractivity contribution in [1.29, 1.82) is 5.26 Å². The number of aromatic amines is 1. The van der Waals surface area contributed by atoms with Gasteiger partial charge in [-0.2, -0.15) is 5.26 Å². The normalized spacial score (nSPS) is 11.3. The van der Waals surface area contributed by atoms with Gasteiger partial charge in [0.05, 0.1) is 12.2 Å². The van der Waals surface area contributed by atoms with E-state index in [1.807, 2.05) is 68.4 Å². The van der Waals surface area contributed by atoms with E-state index in [1.54, 1.807) is 6.08 Å². The number of hydrogen-bond acceptors (Lipinski definition) is 3. The van der Waals surface area contributed by atoms with Crippen LogP contribution in [0.15, 0.2) is 54.1 Å². The minimum absolute atomic E-state index is 0.108. The molecule has 0 aliphatic heterocycles. The van der Waals surface area contributed by atoms with Crippen molar-refractivity contribution in [2.75, 3.05) is 6.61 Å². The van der Waals surface area contributed by atoms with Crippen LogP contribution in [0.1, 0.15) is 28.5 Å². The fraction of sp³-hybridized carbons (Fsp3) is 0.143. The standard InChI is InChI=1S/C21H18N2O2/c1-3-25-17-10-8-15(9-11-17)12-16(13-22)21(24)20-14(2)23-19-7-5-4-6-18(19)20/h4-12,23H,3H2,1-2H3. The van der Waals surface area contributed by atoms with E-state index in [2.05, 4.69) is 4.98 Å². The van der Waals surface area contributed by atoms with Crippen LogP contribution in [0.3, 0.4) is 0 Å². The highest BCUT2D eigenvalue weighted by atomic mass is 16.5. The number of H-pyrrole nitrogens is 1. The third kappa shape index (κ3) is 3.31. The molecule has 0 aliphatic rings. The lowest BCUT2D eigenvalue weighted by Gasteiger charge is -2.03. The van der Waals surface area contributed by atoms with Crippen LogP contribution in [0.4, 0.5) is 0 Å². The molecule has 4 heteroatoms. The molecule has 0 unspecified atom stereocenters. The summed E-state index contributed by atoms with van der Waals surface area (Å²) in [4.78, 5) is 16.1. The first kappa shape index (κ1) is 16.5. The largest absolute Gasteiger partial charge is 0.494 e. The molecular formula is C21H18N2O2. The number of nitrogens with one attached hydrogen (secondary N) is 1. The summed E-state index contributed by atoms with van der Waals surface area (Å²) in [5.74, 6) is 0.489. The number of carbonyl (C=O) groups excluding carboxylic acids is 1. The van der Waals surface area contributed by atoms with Gasteiger partial charge in [-0.25, -0.2) is 0 Å². The minimum atomic E-state index is -0.272.